The van der Waals surface area contributed by atoms with Gasteiger partial charge >= 0.3 is 0 Å². The van der Waals surface area contributed by atoms with Crippen LogP contribution in [0.4, 0.5) is 0 Å². The number of thiol groups is 2. The lowest BCUT2D eigenvalue weighted by atomic mass is 9.87. The van der Waals surface area contributed by atoms with Gasteiger partial charge in [0.25, 0.3) is 0 Å². The Morgan fingerprint density at radius 3 is 2.88 bits per heavy atom. The molecule has 3 atom stereocenters. The van der Waals surface area contributed by atoms with Crippen molar-refractivity contribution >= 4 is 31.5 Å². The Morgan fingerprint density at radius 1 is 1.50 bits per heavy atom. The molecule has 0 fully saturated rings. The number of hydrogen-bond donors (Lipinski definition) is 2. The second-order valence-corrected chi connectivity index (χ2v) is 5.46. The molecule has 16 heavy (non-hydrogen) atoms. The molecule has 1 aliphatic heterocycles. The molecule has 3 unspecified atom stereocenters. The third-order valence-corrected chi connectivity index (χ3v) is 4.26. The summed E-state index contributed by atoms with van der Waals surface area (Å²) in [6.07, 6.45) is 4.74. The normalized spacial score (nSPS) is 38.8. The Kier molecular flexibility index (Phi) is 3.69. The molecule has 0 bridgehead atoms. The summed E-state index contributed by atoms with van der Waals surface area (Å²) in [5.74, 6) is 0. The van der Waals surface area contributed by atoms with Gasteiger partial charge in [0.15, 0.2) is 4.93 Å². The van der Waals surface area contributed by atoms with Crippen molar-refractivity contribution in [2.24, 2.45) is 4.99 Å². The predicted octanol–water partition coefficient (Wildman–Crippen LogP) is 2.09. The molecule has 0 N–H and O–H groups in total. The Balaban J connectivity index is 2.41. The fraction of sp³-hybridized carbons (Fsp3) is 0.727. The van der Waals surface area contributed by atoms with E-state index < -0.39 is 4.93 Å². The van der Waals surface area contributed by atoms with Crippen LogP contribution in [0.1, 0.15) is 19.3 Å². The van der Waals surface area contributed by atoms with Gasteiger partial charge < -0.3 is 9.47 Å². The Labute approximate surface area is 107 Å². The van der Waals surface area contributed by atoms with Crippen molar-refractivity contribution < 1.29 is 9.47 Å². The molecular weight excluding hydrogens is 242 g/mol. The second-order valence-electron chi connectivity index (χ2n) is 4.14. The number of methoxy groups -OCH3 is 2. The third kappa shape index (κ3) is 1.94. The second kappa shape index (κ2) is 4.72. The van der Waals surface area contributed by atoms with E-state index in [0.717, 1.165) is 25.0 Å². The van der Waals surface area contributed by atoms with Gasteiger partial charge in [-0.1, -0.05) is 0 Å². The molecule has 1 heterocycles. The van der Waals surface area contributed by atoms with Gasteiger partial charge in [-0.3, -0.25) is 4.99 Å². The maximum absolute atomic E-state index is 5.50. The van der Waals surface area contributed by atoms with E-state index in [9.17, 15) is 0 Å². The van der Waals surface area contributed by atoms with Gasteiger partial charge in [0.2, 0.25) is 0 Å². The Hall–Kier alpha value is 0.0300. The van der Waals surface area contributed by atoms with E-state index >= 15 is 0 Å². The zero-order chi connectivity index (χ0) is 11.8. The van der Waals surface area contributed by atoms with Gasteiger partial charge in [-0.25, -0.2) is 0 Å². The van der Waals surface area contributed by atoms with E-state index in [2.05, 4.69) is 30.2 Å². The topological polar surface area (TPSA) is 30.8 Å². The van der Waals surface area contributed by atoms with Gasteiger partial charge in [-0.05, 0) is 24.8 Å². The summed E-state index contributed by atoms with van der Waals surface area (Å²) in [5, 5.41) is 0.0243. The minimum Gasteiger partial charge on any atom is -0.375 e. The van der Waals surface area contributed by atoms with Gasteiger partial charge in [0, 0.05) is 20.4 Å². The molecule has 2 rings (SSSR count). The van der Waals surface area contributed by atoms with Crippen LogP contribution in [0.25, 0.3) is 0 Å². The van der Waals surface area contributed by atoms with Crippen molar-refractivity contribution in [3.05, 3.63) is 11.3 Å². The number of rotatable bonds is 2. The monoisotopic (exact) mass is 259 g/mol. The van der Waals surface area contributed by atoms with Crippen LogP contribution in [0, 0.1) is 0 Å². The number of nitrogens with zero attached hydrogens (tertiary/aromatic N) is 1. The molecule has 0 aromatic heterocycles. The highest BCUT2D eigenvalue weighted by atomic mass is 32.1. The van der Waals surface area contributed by atoms with E-state index in [1.54, 1.807) is 14.2 Å². The molecule has 3 nitrogen and oxygen atoms in total. The van der Waals surface area contributed by atoms with E-state index in [4.69, 9.17) is 9.47 Å². The Bertz CT molecular complexity index is 343. The highest BCUT2D eigenvalue weighted by Gasteiger charge is 2.40. The van der Waals surface area contributed by atoms with Crippen molar-refractivity contribution in [2.75, 3.05) is 14.2 Å². The van der Waals surface area contributed by atoms with Crippen molar-refractivity contribution in [3.8, 4) is 0 Å². The molecule has 0 amide bonds. The molecule has 0 aromatic carbocycles. The quantitative estimate of drug-likeness (QED) is 0.588. The molecule has 2 aliphatic rings. The van der Waals surface area contributed by atoms with Crippen LogP contribution in [-0.2, 0) is 9.47 Å². The maximum atomic E-state index is 5.50. The Morgan fingerprint density at radius 2 is 2.25 bits per heavy atom. The lowest BCUT2D eigenvalue weighted by Gasteiger charge is -2.38. The first-order chi connectivity index (χ1) is 7.62. The average Bonchev–Trinajstić information content (AvgIpc) is 2.29. The van der Waals surface area contributed by atoms with Crippen LogP contribution in [0.15, 0.2) is 16.3 Å². The van der Waals surface area contributed by atoms with Crippen LogP contribution >= 0.6 is 25.3 Å². The van der Waals surface area contributed by atoms with Crippen molar-refractivity contribution in [2.45, 2.75) is 35.5 Å². The molecule has 0 saturated heterocycles. The van der Waals surface area contributed by atoms with Crippen LogP contribution in [0.3, 0.4) is 0 Å². The van der Waals surface area contributed by atoms with Gasteiger partial charge in [-0.2, -0.15) is 12.6 Å². The summed E-state index contributed by atoms with van der Waals surface area (Å²) < 4.78 is 11.0. The summed E-state index contributed by atoms with van der Waals surface area (Å²) in [6, 6.07) is 0. The highest BCUT2D eigenvalue weighted by Crippen LogP contribution is 2.43. The van der Waals surface area contributed by atoms with Gasteiger partial charge in [0.1, 0.15) is 0 Å². The zero-order valence-electron chi connectivity index (χ0n) is 9.51. The predicted molar refractivity (Wildman–Crippen MR) is 71.7 cm³/mol. The number of hydrogen-bond acceptors (Lipinski definition) is 5. The highest BCUT2D eigenvalue weighted by molar-refractivity contribution is 7.82. The lowest BCUT2D eigenvalue weighted by molar-refractivity contribution is 0.0748. The molecule has 0 aromatic rings. The molecule has 0 radical (unpaired) electrons. The molecule has 1 aliphatic carbocycles. The van der Waals surface area contributed by atoms with Crippen LogP contribution in [-0.4, -0.2) is 36.7 Å². The van der Waals surface area contributed by atoms with Gasteiger partial charge in [0.05, 0.1) is 17.1 Å². The summed E-state index contributed by atoms with van der Waals surface area (Å²) in [5.41, 5.74) is 2.11. The molecule has 0 saturated carbocycles. The minimum atomic E-state index is -0.561. The summed E-state index contributed by atoms with van der Waals surface area (Å²) in [7, 11) is 3.38. The first kappa shape index (κ1) is 12.5. The molecule has 5 heteroatoms. The van der Waals surface area contributed by atoms with Crippen molar-refractivity contribution in [1.29, 1.82) is 0 Å². The molecule has 90 valence electrons. The lowest BCUT2D eigenvalue weighted by Crippen LogP contribution is -2.39. The minimum absolute atomic E-state index is 0.00203. The van der Waals surface area contributed by atoms with E-state index in [1.807, 2.05) is 6.21 Å². The summed E-state index contributed by atoms with van der Waals surface area (Å²) in [6.45, 7) is 0. The zero-order valence-corrected chi connectivity index (χ0v) is 11.3. The number of ether oxygens (including phenoxy) is 2. The van der Waals surface area contributed by atoms with E-state index in [-0.39, 0.29) is 11.4 Å². The first-order valence-corrected chi connectivity index (χ1v) is 6.35. The largest absolute Gasteiger partial charge is 0.375 e. The van der Waals surface area contributed by atoms with E-state index in [1.165, 1.54) is 5.57 Å². The van der Waals surface area contributed by atoms with Gasteiger partial charge in [-0.15, -0.1) is 12.6 Å². The maximum Gasteiger partial charge on any atom is 0.152 e. The molecular formula is C11H17NO2S2. The summed E-state index contributed by atoms with van der Waals surface area (Å²) in [4.78, 5) is 3.89. The van der Waals surface area contributed by atoms with Crippen molar-refractivity contribution in [1.82, 2.24) is 0 Å². The van der Waals surface area contributed by atoms with Crippen LogP contribution < -0.4 is 0 Å². The SMILES string of the molecule is COC1C2=C(N=CC1S)C(S)(OC)CCC2. The smallest absolute Gasteiger partial charge is 0.152 e. The fourth-order valence-corrected chi connectivity index (χ4v) is 3.11. The van der Waals surface area contributed by atoms with Crippen LogP contribution in [0.2, 0.25) is 0 Å². The average molecular weight is 259 g/mol. The first-order valence-electron chi connectivity index (χ1n) is 5.38. The number of aliphatic imine (C=N–C) groups is 1. The molecule has 0 spiro atoms. The van der Waals surface area contributed by atoms with E-state index in [0.29, 0.717) is 0 Å². The fourth-order valence-electron chi connectivity index (χ4n) is 2.38. The van der Waals surface area contributed by atoms with Crippen molar-refractivity contribution in [3.63, 3.8) is 0 Å². The third-order valence-electron chi connectivity index (χ3n) is 3.24. The van der Waals surface area contributed by atoms with Crippen LogP contribution in [0.5, 0.6) is 0 Å². The standard InChI is InChI=1S/C11H17NO2S2/c1-13-9-7-4-3-5-11(16,14-2)10(7)12-6-8(9)15/h6,8-9,15-16H,3-5H2,1-2H3. The summed E-state index contributed by atoms with van der Waals surface area (Å²) >= 11 is 9.07.